The van der Waals surface area contributed by atoms with Crippen molar-refractivity contribution in [2.75, 3.05) is 20.7 Å². The highest BCUT2D eigenvalue weighted by Gasteiger charge is 2.32. The molecule has 21 heavy (non-hydrogen) atoms. The van der Waals surface area contributed by atoms with Crippen molar-refractivity contribution in [3.8, 4) is 0 Å². The summed E-state index contributed by atoms with van der Waals surface area (Å²) in [5.74, 6) is 0.436. The van der Waals surface area contributed by atoms with E-state index in [1.165, 1.54) is 27.9 Å². The standard InChI is InChI=1S/C13H17N3O3S2/c1-9-14-8-11(16(9)21(17,18)15(2)3)12-13-10(4-6-19-12)5-7-20-13/h5,7-8,12H,4,6H2,1-3H3/t12-/m1/s1. The number of imidazole rings is 1. The van der Waals surface area contributed by atoms with Crippen molar-refractivity contribution in [2.45, 2.75) is 19.4 Å². The van der Waals surface area contributed by atoms with Gasteiger partial charge in [0.05, 0.1) is 18.5 Å². The summed E-state index contributed by atoms with van der Waals surface area (Å²) in [7, 11) is -0.596. The van der Waals surface area contributed by atoms with Gasteiger partial charge in [-0.05, 0) is 30.4 Å². The van der Waals surface area contributed by atoms with Gasteiger partial charge in [0.15, 0.2) is 0 Å². The van der Waals surface area contributed by atoms with Crippen LogP contribution in [0.2, 0.25) is 0 Å². The minimum atomic E-state index is -3.62. The first-order chi connectivity index (χ1) is 9.93. The predicted octanol–water partition coefficient (Wildman–Crippen LogP) is 1.57. The monoisotopic (exact) mass is 327 g/mol. The second-order valence-electron chi connectivity index (χ2n) is 5.10. The van der Waals surface area contributed by atoms with Gasteiger partial charge in [-0.2, -0.15) is 12.7 Å². The van der Waals surface area contributed by atoms with E-state index in [2.05, 4.69) is 11.1 Å². The molecule has 2 aromatic heterocycles. The Kier molecular flexibility index (Phi) is 3.64. The molecule has 0 fully saturated rings. The number of aromatic nitrogens is 2. The van der Waals surface area contributed by atoms with Gasteiger partial charge in [0, 0.05) is 19.0 Å². The third kappa shape index (κ3) is 2.32. The summed E-state index contributed by atoms with van der Waals surface area (Å²) in [6.45, 7) is 2.27. The summed E-state index contributed by atoms with van der Waals surface area (Å²) in [5.41, 5.74) is 1.79. The molecule has 8 heteroatoms. The number of thiophene rings is 1. The lowest BCUT2D eigenvalue weighted by molar-refractivity contribution is 0.0694. The summed E-state index contributed by atoms with van der Waals surface area (Å²) >= 11 is 1.59. The molecular weight excluding hydrogens is 310 g/mol. The average molecular weight is 327 g/mol. The van der Waals surface area contributed by atoms with Crippen molar-refractivity contribution in [1.29, 1.82) is 0 Å². The average Bonchev–Trinajstić information content (AvgIpc) is 3.04. The Balaban J connectivity index is 2.15. The minimum absolute atomic E-state index is 0.371. The maximum absolute atomic E-state index is 12.5. The number of rotatable bonds is 3. The predicted molar refractivity (Wildman–Crippen MR) is 80.8 cm³/mol. The number of hydrogen-bond acceptors (Lipinski definition) is 5. The van der Waals surface area contributed by atoms with E-state index in [9.17, 15) is 8.42 Å². The van der Waals surface area contributed by atoms with Gasteiger partial charge in [-0.15, -0.1) is 11.3 Å². The molecule has 0 saturated heterocycles. The second kappa shape index (κ2) is 5.20. The van der Waals surface area contributed by atoms with Crippen LogP contribution in [-0.4, -0.2) is 42.4 Å². The van der Waals surface area contributed by atoms with Gasteiger partial charge in [-0.1, -0.05) is 0 Å². The lowest BCUT2D eigenvalue weighted by atomic mass is 10.1. The van der Waals surface area contributed by atoms with Crippen LogP contribution in [0.4, 0.5) is 0 Å². The van der Waals surface area contributed by atoms with Gasteiger partial charge < -0.3 is 4.74 Å². The van der Waals surface area contributed by atoms with Crippen LogP contribution in [0.25, 0.3) is 0 Å². The largest absolute Gasteiger partial charge is 0.366 e. The molecule has 1 atom stereocenters. The van der Waals surface area contributed by atoms with E-state index >= 15 is 0 Å². The Labute approximate surface area is 128 Å². The highest BCUT2D eigenvalue weighted by Crippen LogP contribution is 2.37. The molecule has 0 bridgehead atoms. The van der Waals surface area contributed by atoms with Crippen molar-refractivity contribution in [3.05, 3.63) is 39.6 Å². The zero-order chi connectivity index (χ0) is 15.2. The number of nitrogens with zero attached hydrogens (tertiary/aromatic N) is 3. The van der Waals surface area contributed by atoms with E-state index in [-0.39, 0.29) is 6.10 Å². The molecule has 0 saturated carbocycles. The van der Waals surface area contributed by atoms with Crippen LogP contribution >= 0.6 is 11.3 Å². The van der Waals surface area contributed by atoms with Crippen LogP contribution in [0.1, 0.15) is 28.1 Å². The lowest BCUT2D eigenvalue weighted by Crippen LogP contribution is -2.32. The number of fused-ring (bicyclic) bond motifs is 1. The van der Waals surface area contributed by atoms with Crippen molar-refractivity contribution < 1.29 is 13.2 Å². The smallest absolute Gasteiger partial charge is 0.308 e. The molecule has 6 nitrogen and oxygen atoms in total. The van der Waals surface area contributed by atoms with E-state index < -0.39 is 10.2 Å². The van der Waals surface area contributed by atoms with Gasteiger partial charge in [-0.3, -0.25) is 0 Å². The second-order valence-corrected chi connectivity index (χ2v) is 8.03. The van der Waals surface area contributed by atoms with E-state index in [1.807, 2.05) is 5.38 Å². The fraction of sp³-hybridized carbons (Fsp3) is 0.462. The fourth-order valence-electron chi connectivity index (χ4n) is 2.46. The molecular formula is C13H17N3O3S2. The normalized spacial score (nSPS) is 19.0. The van der Waals surface area contributed by atoms with Gasteiger partial charge in [-0.25, -0.2) is 8.96 Å². The highest BCUT2D eigenvalue weighted by molar-refractivity contribution is 7.87. The molecule has 0 N–H and O–H groups in total. The van der Waals surface area contributed by atoms with Gasteiger partial charge in [0.2, 0.25) is 0 Å². The third-order valence-corrected chi connectivity index (χ3v) is 6.41. The maximum atomic E-state index is 12.5. The summed E-state index contributed by atoms with van der Waals surface area (Å²) < 4.78 is 33.3. The molecule has 3 rings (SSSR count). The minimum Gasteiger partial charge on any atom is -0.366 e. The fourth-order valence-corrected chi connectivity index (χ4v) is 4.58. The van der Waals surface area contributed by atoms with Gasteiger partial charge >= 0.3 is 10.2 Å². The van der Waals surface area contributed by atoms with E-state index in [0.717, 1.165) is 11.3 Å². The molecule has 0 spiro atoms. The Morgan fingerprint density at radius 2 is 2.24 bits per heavy atom. The van der Waals surface area contributed by atoms with E-state index in [4.69, 9.17) is 4.74 Å². The van der Waals surface area contributed by atoms with Crippen LogP contribution in [0.5, 0.6) is 0 Å². The molecule has 114 valence electrons. The van der Waals surface area contributed by atoms with Crippen LogP contribution in [-0.2, 0) is 21.4 Å². The Morgan fingerprint density at radius 3 is 2.95 bits per heavy atom. The summed E-state index contributed by atoms with van der Waals surface area (Å²) in [5, 5.41) is 2.01. The molecule has 0 aromatic carbocycles. The zero-order valence-corrected chi connectivity index (χ0v) is 13.7. The number of aryl methyl sites for hydroxylation is 1. The van der Waals surface area contributed by atoms with Crippen LogP contribution in [0, 0.1) is 6.92 Å². The van der Waals surface area contributed by atoms with Crippen LogP contribution in [0.15, 0.2) is 17.6 Å². The number of ether oxygens (including phenoxy) is 1. The van der Waals surface area contributed by atoms with E-state index in [1.54, 1.807) is 24.5 Å². The maximum Gasteiger partial charge on any atom is 0.308 e. The lowest BCUT2D eigenvalue weighted by Gasteiger charge is -2.25. The van der Waals surface area contributed by atoms with Crippen molar-refractivity contribution in [2.24, 2.45) is 0 Å². The Hall–Kier alpha value is -1.22. The molecule has 0 unspecified atom stereocenters. The molecule has 1 aliphatic heterocycles. The molecule has 0 amide bonds. The zero-order valence-electron chi connectivity index (χ0n) is 12.1. The van der Waals surface area contributed by atoms with Crippen LogP contribution in [0.3, 0.4) is 0 Å². The third-order valence-electron chi connectivity index (χ3n) is 3.55. The quantitative estimate of drug-likeness (QED) is 0.858. The molecule has 2 aromatic rings. The molecule has 0 radical (unpaired) electrons. The van der Waals surface area contributed by atoms with Gasteiger partial charge in [0.1, 0.15) is 11.9 Å². The Bertz CT molecular complexity index is 761. The first kappa shape index (κ1) is 14.7. The van der Waals surface area contributed by atoms with Crippen molar-refractivity contribution >= 4 is 21.5 Å². The SMILES string of the molecule is Cc1ncc([C@H]2OCCc3ccsc32)n1S(=O)(=O)N(C)C. The van der Waals surface area contributed by atoms with Crippen molar-refractivity contribution in [1.82, 2.24) is 13.3 Å². The molecule has 0 aliphatic carbocycles. The topological polar surface area (TPSA) is 64.4 Å². The highest BCUT2D eigenvalue weighted by atomic mass is 32.2. The summed E-state index contributed by atoms with van der Waals surface area (Å²) in [6, 6.07) is 2.07. The van der Waals surface area contributed by atoms with E-state index in [0.29, 0.717) is 18.1 Å². The van der Waals surface area contributed by atoms with Crippen LogP contribution < -0.4 is 0 Å². The molecule has 3 heterocycles. The molecule has 1 aliphatic rings. The van der Waals surface area contributed by atoms with Gasteiger partial charge in [0.25, 0.3) is 0 Å². The first-order valence-corrected chi connectivity index (χ1v) is 8.85. The summed E-state index contributed by atoms with van der Waals surface area (Å²) in [6.07, 6.45) is 2.09. The first-order valence-electron chi connectivity index (χ1n) is 6.58. The number of hydrogen-bond donors (Lipinski definition) is 0. The summed E-state index contributed by atoms with van der Waals surface area (Å²) in [4.78, 5) is 5.25. The Morgan fingerprint density at radius 1 is 1.48 bits per heavy atom. The van der Waals surface area contributed by atoms with Crippen molar-refractivity contribution in [3.63, 3.8) is 0 Å².